The summed E-state index contributed by atoms with van der Waals surface area (Å²) in [4.78, 5) is 42.6. The van der Waals surface area contributed by atoms with Crippen molar-refractivity contribution in [1.82, 2.24) is 15.3 Å². The Morgan fingerprint density at radius 2 is 1.67 bits per heavy atom. The Balaban J connectivity index is 0.00000129. The van der Waals surface area contributed by atoms with Crippen LogP contribution in [0.2, 0.25) is 0 Å². The van der Waals surface area contributed by atoms with Gasteiger partial charge in [-0.1, -0.05) is 0 Å². The molecule has 0 bridgehead atoms. The molecule has 0 radical (unpaired) electrons. The third-order valence-corrected chi connectivity index (χ3v) is 3.98. The van der Waals surface area contributed by atoms with Gasteiger partial charge in [-0.3, -0.25) is 18.8 Å². The molecule has 3 aromatic rings. The van der Waals surface area contributed by atoms with Gasteiger partial charge in [0.1, 0.15) is 5.69 Å². The molecule has 1 aromatic heterocycles. The second-order valence-electron chi connectivity index (χ2n) is 6.06. The van der Waals surface area contributed by atoms with Crippen molar-refractivity contribution in [2.24, 2.45) is 0 Å². The fourth-order valence-electron chi connectivity index (χ4n) is 2.56. The quantitative estimate of drug-likeness (QED) is 0.299. The van der Waals surface area contributed by atoms with E-state index < -0.39 is 24.6 Å². The number of aromatic amines is 1. The molecule has 170 valence electrons. The molecule has 8 nitrogen and oxygen atoms in total. The van der Waals surface area contributed by atoms with E-state index in [-0.39, 0.29) is 60.4 Å². The number of imidazole rings is 1. The van der Waals surface area contributed by atoms with Gasteiger partial charge >= 0.3 is 31.1 Å². The van der Waals surface area contributed by atoms with Crippen molar-refractivity contribution in [3.63, 3.8) is 0 Å². The van der Waals surface area contributed by atoms with Crippen LogP contribution in [0.25, 0.3) is 0 Å². The first-order valence-electron chi connectivity index (χ1n) is 9.02. The third-order valence-electron chi connectivity index (χ3n) is 3.98. The molecule has 12 heteroatoms. The van der Waals surface area contributed by atoms with E-state index in [1.807, 2.05) is 0 Å². The van der Waals surface area contributed by atoms with E-state index in [0.29, 0.717) is 11.4 Å². The second kappa shape index (κ2) is 14.1. The van der Waals surface area contributed by atoms with E-state index in [0.717, 1.165) is 0 Å². The standard InChI is InChI=1S/C20H17FN5O3.CHF2.U/c1-22-19(28)17-18(24-11-23-17)20(29)26-14-8-6-13(7-9-14)25-16(27)10-12-4-2-3-5-15(12)21;2-1-3;/h2,4-9,11H,10H2,1H3,(H,22,28)(H,23,24)(H,25,27)(H,26,29);1H;/q2*-1;+2. The van der Waals surface area contributed by atoms with Crippen LogP contribution in [0.4, 0.5) is 24.5 Å². The van der Waals surface area contributed by atoms with Gasteiger partial charge < -0.3 is 29.7 Å². The minimum atomic E-state index is -1.00. The van der Waals surface area contributed by atoms with Gasteiger partial charge in [-0.25, -0.2) is 4.98 Å². The number of carbonyl (C=O) groups excluding carboxylic acids is 3. The van der Waals surface area contributed by atoms with Crippen molar-refractivity contribution in [2.75, 3.05) is 17.7 Å². The van der Waals surface area contributed by atoms with Gasteiger partial charge in [0, 0.05) is 30.7 Å². The summed E-state index contributed by atoms with van der Waals surface area (Å²) in [5.41, 5.74) is 1.23. The first kappa shape index (κ1) is 27.9. The molecule has 0 aliphatic carbocycles. The number of benzene rings is 2. The molecular formula is C21H18F3N5O3U. The minimum Gasteiger partial charge on any atom is -0.425 e. The maximum Gasteiger partial charge on any atom is 2.00 e. The number of aromatic nitrogens is 2. The molecule has 1 heterocycles. The molecule has 2 aromatic carbocycles. The first-order chi connectivity index (χ1) is 15.4. The van der Waals surface area contributed by atoms with Crippen LogP contribution in [0.3, 0.4) is 0 Å². The predicted octanol–water partition coefficient (Wildman–Crippen LogP) is 3.19. The zero-order valence-corrected chi connectivity index (χ0v) is 21.4. The Hall–Kier alpha value is -3.10. The molecule has 0 unspecified atom stereocenters. The average Bonchev–Trinajstić information content (AvgIpc) is 3.27. The van der Waals surface area contributed by atoms with Crippen molar-refractivity contribution in [3.05, 3.63) is 84.6 Å². The molecular weight excluding hydrogens is 665 g/mol. The molecule has 0 spiro atoms. The van der Waals surface area contributed by atoms with E-state index in [1.54, 1.807) is 24.3 Å². The number of H-pyrrole nitrogens is 1. The van der Waals surface area contributed by atoms with Crippen LogP contribution in [0.5, 0.6) is 0 Å². The van der Waals surface area contributed by atoms with Crippen LogP contribution in [0.1, 0.15) is 26.5 Å². The Morgan fingerprint density at radius 3 is 2.24 bits per heavy atom. The number of hydrogen-bond donors (Lipinski definition) is 4. The number of amides is 3. The van der Waals surface area contributed by atoms with Crippen molar-refractivity contribution in [3.8, 4) is 0 Å². The molecule has 3 amide bonds. The summed E-state index contributed by atoms with van der Waals surface area (Å²) in [5.74, 6) is -1.88. The number of nitrogens with zero attached hydrogens (tertiary/aromatic N) is 1. The molecule has 0 saturated heterocycles. The molecule has 0 aliphatic rings. The number of hydrogen-bond acceptors (Lipinski definition) is 4. The summed E-state index contributed by atoms with van der Waals surface area (Å²) in [7, 11) is 1.45. The maximum atomic E-state index is 13.6. The number of nitrogens with one attached hydrogen (secondary N) is 4. The number of rotatable bonds is 6. The fraction of sp³-hybridized carbons (Fsp3) is 0.0952. The minimum absolute atomic E-state index is 0. The zero-order chi connectivity index (χ0) is 23.5. The van der Waals surface area contributed by atoms with Crippen LogP contribution >= 0.6 is 0 Å². The van der Waals surface area contributed by atoms with Gasteiger partial charge in [0.2, 0.25) is 5.91 Å². The third kappa shape index (κ3) is 8.40. The molecule has 33 heavy (non-hydrogen) atoms. The van der Waals surface area contributed by atoms with Crippen molar-refractivity contribution >= 4 is 29.1 Å². The molecule has 0 aliphatic heterocycles. The topological polar surface area (TPSA) is 116 Å². The molecule has 3 rings (SSSR count). The second-order valence-corrected chi connectivity index (χ2v) is 6.06. The first-order valence-corrected chi connectivity index (χ1v) is 9.02. The SMILES string of the molecule is CNC(=O)c1[nH]cnc1C(=O)Nc1ccc(NC(=O)Cc2cc[c-]cc2F)cc1.F[CH-]F.[U+2]. The predicted molar refractivity (Wildman–Crippen MR) is 110 cm³/mol. The summed E-state index contributed by atoms with van der Waals surface area (Å²) in [6.45, 7) is -1.00. The van der Waals surface area contributed by atoms with Gasteiger partial charge in [0.25, 0.3) is 11.8 Å². The Bertz CT molecular complexity index is 1080. The van der Waals surface area contributed by atoms with Crippen molar-refractivity contribution < 1.29 is 58.7 Å². The Morgan fingerprint density at radius 1 is 1.06 bits per heavy atom. The summed E-state index contributed by atoms with van der Waals surface area (Å²) in [5, 5.41) is 7.70. The molecule has 0 saturated carbocycles. The van der Waals surface area contributed by atoms with Crippen molar-refractivity contribution in [1.29, 1.82) is 0 Å². The van der Waals surface area contributed by atoms with Crippen LogP contribution in [0, 0.1) is 49.9 Å². The summed E-state index contributed by atoms with van der Waals surface area (Å²) < 4.78 is 32.6. The normalized spacial score (nSPS) is 9.58. The molecule has 0 fully saturated rings. The molecule has 0 atom stereocenters. The Kier molecular flexibility index (Phi) is 12.0. The van der Waals surface area contributed by atoms with Gasteiger partial charge in [0.15, 0.2) is 5.69 Å². The average molecular weight is 683 g/mol. The zero-order valence-electron chi connectivity index (χ0n) is 17.2. The molecule has 4 N–H and O–H groups in total. The van der Waals surface area contributed by atoms with E-state index in [2.05, 4.69) is 32.0 Å². The van der Waals surface area contributed by atoms with Gasteiger partial charge in [-0.2, -0.15) is 18.2 Å². The summed E-state index contributed by atoms with van der Waals surface area (Å²) in [6, 6.07) is 13.2. The number of anilines is 2. The van der Waals surface area contributed by atoms with Gasteiger partial charge in [-0.15, -0.1) is 11.6 Å². The van der Waals surface area contributed by atoms with E-state index >= 15 is 0 Å². The van der Waals surface area contributed by atoms with Crippen LogP contribution in [0.15, 0.2) is 48.8 Å². The Labute approximate surface area is 211 Å². The number of carbonyl (C=O) groups is 3. The monoisotopic (exact) mass is 683 g/mol. The number of halogens is 3. The fourth-order valence-corrected chi connectivity index (χ4v) is 2.56. The van der Waals surface area contributed by atoms with Gasteiger partial charge in [-0.05, 0) is 31.2 Å². The van der Waals surface area contributed by atoms with Crippen LogP contribution < -0.4 is 16.0 Å². The maximum absolute atomic E-state index is 13.6. The summed E-state index contributed by atoms with van der Waals surface area (Å²) >= 11 is 0. The van der Waals surface area contributed by atoms with Crippen molar-refractivity contribution in [2.45, 2.75) is 6.42 Å². The van der Waals surface area contributed by atoms with Crippen LogP contribution in [-0.4, -0.2) is 34.7 Å². The van der Waals surface area contributed by atoms with E-state index in [1.165, 1.54) is 31.6 Å². The van der Waals surface area contributed by atoms with E-state index in [4.69, 9.17) is 0 Å². The van der Waals surface area contributed by atoms with Crippen LogP contribution in [-0.2, 0) is 11.2 Å². The smallest absolute Gasteiger partial charge is 0.425 e. The van der Waals surface area contributed by atoms with Gasteiger partial charge in [0.05, 0.1) is 6.33 Å². The largest absolute Gasteiger partial charge is 2.00 e. The summed E-state index contributed by atoms with van der Waals surface area (Å²) in [6.07, 6.45) is 1.14. The van der Waals surface area contributed by atoms with E-state index in [9.17, 15) is 27.6 Å².